The lowest BCUT2D eigenvalue weighted by atomic mass is 10.1. The van der Waals surface area contributed by atoms with Gasteiger partial charge >= 0.3 is 5.97 Å². The van der Waals surface area contributed by atoms with E-state index in [-0.39, 0.29) is 29.1 Å². The average molecular weight is 326 g/mol. The molecule has 0 spiro atoms. The maximum absolute atomic E-state index is 12.4. The normalized spacial score (nSPS) is 13.1. The van der Waals surface area contributed by atoms with Crippen molar-refractivity contribution in [2.75, 3.05) is 12.8 Å². The van der Waals surface area contributed by atoms with Crippen LogP contribution in [0.4, 0.5) is 5.69 Å². The number of ether oxygens (including phenoxy) is 1. The Kier molecular flexibility index (Phi) is 3.69. The van der Waals surface area contributed by atoms with Crippen molar-refractivity contribution in [2.24, 2.45) is 0 Å². The van der Waals surface area contributed by atoms with Crippen molar-refractivity contribution in [1.29, 1.82) is 0 Å². The summed E-state index contributed by atoms with van der Waals surface area (Å²) >= 11 is 0. The van der Waals surface area contributed by atoms with Crippen LogP contribution in [-0.4, -0.2) is 34.9 Å². The number of amides is 2. The van der Waals surface area contributed by atoms with Gasteiger partial charge in [-0.3, -0.25) is 14.5 Å². The topological polar surface area (TPSA) is 110 Å². The van der Waals surface area contributed by atoms with Gasteiger partial charge in [0.25, 0.3) is 11.8 Å². The number of rotatable bonds is 3. The number of benzene rings is 2. The molecule has 0 saturated heterocycles. The number of nitrogens with two attached hydrogens (primary N) is 1. The van der Waals surface area contributed by atoms with E-state index in [1.807, 2.05) is 0 Å². The molecule has 1 aliphatic heterocycles. The SMILES string of the molecule is COC(=O)c1cc(N)c(O)c(CN2C(=O)c3ccccc3C2=O)c1. The van der Waals surface area contributed by atoms with Crippen LogP contribution in [0.25, 0.3) is 0 Å². The van der Waals surface area contributed by atoms with Crippen molar-refractivity contribution in [3.63, 3.8) is 0 Å². The minimum absolute atomic E-state index is 0.0375. The number of anilines is 1. The van der Waals surface area contributed by atoms with Crippen molar-refractivity contribution in [3.8, 4) is 5.75 Å². The van der Waals surface area contributed by atoms with Crippen molar-refractivity contribution < 1.29 is 24.2 Å². The number of nitrogen functional groups attached to an aromatic ring is 1. The lowest BCUT2D eigenvalue weighted by Gasteiger charge is -2.16. The van der Waals surface area contributed by atoms with E-state index in [9.17, 15) is 19.5 Å². The summed E-state index contributed by atoms with van der Waals surface area (Å²) < 4.78 is 4.63. The molecule has 0 aromatic heterocycles. The number of imide groups is 1. The van der Waals surface area contributed by atoms with E-state index in [2.05, 4.69) is 4.74 Å². The minimum atomic E-state index is -0.634. The number of carbonyl (C=O) groups is 3. The van der Waals surface area contributed by atoms with Gasteiger partial charge in [-0.2, -0.15) is 0 Å². The lowest BCUT2D eigenvalue weighted by Crippen LogP contribution is -2.29. The van der Waals surface area contributed by atoms with Gasteiger partial charge in [-0.05, 0) is 24.3 Å². The summed E-state index contributed by atoms with van der Waals surface area (Å²) in [6, 6.07) is 9.08. The Hall–Kier alpha value is -3.35. The first-order valence-electron chi connectivity index (χ1n) is 7.09. The van der Waals surface area contributed by atoms with Crippen LogP contribution < -0.4 is 5.73 Å². The van der Waals surface area contributed by atoms with Gasteiger partial charge in [0.1, 0.15) is 5.75 Å². The molecular formula is C17H14N2O5. The maximum Gasteiger partial charge on any atom is 0.337 e. The zero-order chi connectivity index (χ0) is 17.4. The first-order valence-corrected chi connectivity index (χ1v) is 7.09. The first-order chi connectivity index (χ1) is 11.4. The molecule has 0 aliphatic carbocycles. The third-order valence-electron chi connectivity index (χ3n) is 3.85. The number of methoxy groups -OCH3 is 1. The van der Waals surface area contributed by atoms with Gasteiger partial charge in [0, 0.05) is 5.56 Å². The Bertz CT molecular complexity index is 840. The summed E-state index contributed by atoms with van der Waals surface area (Å²) in [6.07, 6.45) is 0. The zero-order valence-corrected chi connectivity index (χ0v) is 12.8. The van der Waals surface area contributed by atoms with Crippen LogP contribution in [0.2, 0.25) is 0 Å². The van der Waals surface area contributed by atoms with Crippen LogP contribution in [0.1, 0.15) is 36.6 Å². The van der Waals surface area contributed by atoms with E-state index < -0.39 is 17.8 Å². The molecule has 0 fully saturated rings. The fourth-order valence-electron chi connectivity index (χ4n) is 2.63. The molecule has 0 bridgehead atoms. The molecule has 1 heterocycles. The Balaban J connectivity index is 1.98. The summed E-state index contributed by atoms with van der Waals surface area (Å²) in [5.74, 6) is -1.83. The summed E-state index contributed by atoms with van der Waals surface area (Å²) in [4.78, 5) is 37.4. The van der Waals surface area contributed by atoms with Crippen LogP contribution in [-0.2, 0) is 11.3 Å². The van der Waals surface area contributed by atoms with Gasteiger partial charge < -0.3 is 15.6 Å². The van der Waals surface area contributed by atoms with E-state index in [1.165, 1.54) is 19.2 Å². The molecule has 7 nitrogen and oxygen atoms in total. The fraction of sp³-hybridized carbons (Fsp3) is 0.118. The van der Waals surface area contributed by atoms with E-state index in [0.717, 1.165) is 4.90 Å². The second-order valence-corrected chi connectivity index (χ2v) is 5.31. The predicted molar refractivity (Wildman–Crippen MR) is 84.5 cm³/mol. The largest absolute Gasteiger partial charge is 0.505 e. The molecule has 0 atom stereocenters. The molecule has 3 N–H and O–H groups in total. The van der Waals surface area contributed by atoms with Crippen molar-refractivity contribution in [2.45, 2.75) is 6.54 Å². The van der Waals surface area contributed by atoms with Crippen LogP contribution in [0.5, 0.6) is 5.75 Å². The molecule has 1 aliphatic rings. The highest BCUT2D eigenvalue weighted by atomic mass is 16.5. The Morgan fingerprint density at radius 2 is 1.75 bits per heavy atom. The summed E-state index contributed by atoms with van der Waals surface area (Å²) in [7, 11) is 1.22. The second-order valence-electron chi connectivity index (χ2n) is 5.31. The Labute approximate surface area is 137 Å². The number of phenols is 1. The molecule has 3 rings (SSSR count). The molecule has 0 radical (unpaired) electrons. The molecule has 2 amide bonds. The van der Waals surface area contributed by atoms with Gasteiger partial charge in [-0.15, -0.1) is 0 Å². The van der Waals surface area contributed by atoms with Crippen molar-refractivity contribution in [1.82, 2.24) is 4.90 Å². The zero-order valence-electron chi connectivity index (χ0n) is 12.8. The number of phenolic OH excluding ortho intramolecular Hbond substituents is 1. The standard InChI is InChI=1S/C17H14N2O5/c1-24-17(23)9-6-10(14(20)13(18)7-9)8-19-15(21)11-4-2-3-5-12(11)16(19)22/h2-7,20H,8,18H2,1H3. The summed E-state index contributed by atoms with van der Waals surface area (Å²) in [5, 5.41) is 10.1. The molecule has 24 heavy (non-hydrogen) atoms. The third kappa shape index (κ3) is 2.36. The van der Waals surface area contributed by atoms with E-state index in [0.29, 0.717) is 11.1 Å². The number of hydrogen-bond acceptors (Lipinski definition) is 6. The van der Waals surface area contributed by atoms with Crippen LogP contribution >= 0.6 is 0 Å². The molecule has 7 heteroatoms. The van der Waals surface area contributed by atoms with E-state index in [4.69, 9.17) is 5.73 Å². The highest BCUT2D eigenvalue weighted by Crippen LogP contribution is 2.31. The molecule has 0 unspecified atom stereocenters. The van der Waals surface area contributed by atoms with E-state index >= 15 is 0 Å². The van der Waals surface area contributed by atoms with Gasteiger partial charge in [-0.25, -0.2) is 4.79 Å². The highest BCUT2D eigenvalue weighted by Gasteiger charge is 2.35. The van der Waals surface area contributed by atoms with Crippen molar-refractivity contribution in [3.05, 3.63) is 58.7 Å². The quantitative estimate of drug-likeness (QED) is 0.383. The number of fused-ring (bicyclic) bond motifs is 1. The maximum atomic E-state index is 12.4. The summed E-state index contributed by atoms with van der Waals surface area (Å²) in [5.41, 5.74) is 6.58. The highest BCUT2D eigenvalue weighted by molar-refractivity contribution is 6.21. The number of aromatic hydroxyl groups is 1. The van der Waals surface area contributed by atoms with Gasteiger partial charge in [0.15, 0.2) is 0 Å². The molecule has 2 aromatic carbocycles. The Morgan fingerprint density at radius 3 is 2.29 bits per heavy atom. The fourth-order valence-corrected chi connectivity index (χ4v) is 2.63. The predicted octanol–water partition coefficient (Wildman–Crippen LogP) is 1.56. The molecule has 2 aromatic rings. The van der Waals surface area contributed by atoms with E-state index in [1.54, 1.807) is 24.3 Å². The van der Waals surface area contributed by atoms with Gasteiger partial charge in [-0.1, -0.05) is 12.1 Å². The third-order valence-corrected chi connectivity index (χ3v) is 3.85. The number of esters is 1. The molecule has 122 valence electrons. The molecule has 0 saturated carbocycles. The molecular weight excluding hydrogens is 312 g/mol. The van der Waals surface area contributed by atoms with Crippen LogP contribution in [0.15, 0.2) is 36.4 Å². The van der Waals surface area contributed by atoms with Gasteiger partial charge in [0.2, 0.25) is 0 Å². The monoisotopic (exact) mass is 326 g/mol. The average Bonchev–Trinajstić information content (AvgIpc) is 2.83. The number of nitrogens with zero attached hydrogens (tertiary/aromatic N) is 1. The van der Waals surface area contributed by atoms with Crippen molar-refractivity contribution >= 4 is 23.5 Å². The van der Waals surface area contributed by atoms with Crippen LogP contribution in [0, 0.1) is 0 Å². The Morgan fingerprint density at radius 1 is 1.17 bits per heavy atom. The minimum Gasteiger partial charge on any atom is -0.505 e. The van der Waals surface area contributed by atoms with Crippen LogP contribution in [0.3, 0.4) is 0 Å². The summed E-state index contributed by atoms with van der Waals surface area (Å²) in [6.45, 7) is -0.201. The lowest BCUT2D eigenvalue weighted by molar-refractivity contribution is 0.0599. The second kappa shape index (κ2) is 5.69. The number of carbonyl (C=O) groups excluding carboxylic acids is 3. The number of hydrogen-bond donors (Lipinski definition) is 2. The first kappa shape index (κ1) is 15.5. The smallest absolute Gasteiger partial charge is 0.337 e. The van der Waals surface area contributed by atoms with Gasteiger partial charge in [0.05, 0.1) is 36.0 Å².